The third-order valence-electron chi connectivity index (χ3n) is 4.02. The SMILES string of the molecule is Cc1ccccc1Nc1nnc(SC(C)C(=O)NC2CCS(=O)(=O)C2)s1. The number of hydrogen-bond acceptors (Lipinski definition) is 8. The first-order valence-electron chi connectivity index (χ1n) is 8.16. The fraction of sp³-hybridized carbons (Fsp3) is 0.438. The molecule has 1 aliphatic rings. The van der Waals surface area contributed by atoms with Crippen LogP contribution in [0.25, 0.3) is 0 Å². The van der Waals surface area contributed by atoms with Gasteiger partial charge in [0.05, 0.1) is 16.8 Å². The number of amides is 1. The lowest BCUT2D eigenvalue weighted by Gasteiger charge is -2.14. The Morgan fingerprint density at radius 1 is 1.35 bits per heavy atom. The number of anilines is 2. The summed E-state index contributed by atoms with van der Waals surface area (Å²) in [5.41, 5.74) is 2.07. The number of nitrogens with zero attached hydrogens (tertiary/aromatic N) is 2. The van der Waals surface area contributed by atoms with Crippen molar-refractivity contribution in [3.8, 4) is 0 Å². The van der Waals surface area contributed by atoms with Crippen molar-refractivity contribution in [1.29, 1.82) is 0 Å². The Morgan fingerprint density at radius 2 is 2.12 bits per heavy atom. The molecule has 1 aromatic carbocycles. The lowest BCUT2D eigenvalue weighted by molar-refractivity contribution is -0.120. The van der Waals surface area contributed by atoms with E-state index in [4.69, 9.17) is 0 Å². The lowest BCUT2D eigenvalue weighted by atomic mass is 10.2. The van der Waals surface area contributed by atoms with Crippen molar-refractivity contribution in [3.63, 3.8) is 0 Å². The van der Waals surface area contributed by atoms with Gasteiger partial charge < -0.3 is 10.6 Å². The summed E-state index contributed by atoms with van der Waals surface area (Å²) in [5, 5.41) is 14.5. The zero-order valence-corrected chi connectivity index (χ0v) is 16.9. The summed E-state index contributed by atoms with van der Waals surface area (Å²) in [5.74, 6) is -0.0100. The zero-order valence-electron chi connectivity index (χ0n) is 14.4. The molecule has 2 atom stereocenters. The first-order chi connectivity index (χ1) is 12.3. The maximum absolute atomic E-state index is 12.3. The minimum absolute atomic E-state index is 0.0272. The molecule has 7 nitrogen and oxygen atoms in total. The molecule has 3 rings (SSSR count). The predicted molar refractivity (Wildman–Crippen MR) is 105 cm³/mol. The van der Waals surface area contributed by atoms with Crippen LogP contribution >= 0.6 is 23.1 Å². The van der Waals surface area contributed by atoms with Gasteiger partial charge in [-0.05, 0) is 31.9 Å². The molecule has 26 heavy (non-hydrogen) atoms. The number of hydrogen-bond donors (Lipinski definition) is 2. The summed E-state index contributed by atoms with van der Waals surface area (Å²) >= 11 is 2.69. The van der Waals surface area contributed by atoms with E-state index in [2.05, 4.69) is 20.8 Å². The van der Waals surface area contributed by atoms with Gasteiger partial charge in [-0.3, -0.25) is 4.79 Å². The minimum atomic E-state index is -3.01. The van der Waals surface area contributed by atoms with Gasteiger partial charge in [-0.1, -0.05) is 41.3 Å². The topological polar surface area (TPSA) is 101 Å². The van der Waals surface area contributed by atoms with Gasteiger partial charge in [0.2, 0.25) is 11.0 Å². The molecule has 1 fully saturated rings. The summed E-state index contributed by atoms with van der Waals surface area (Å²) in [6.07, 6.45) is 0.481. The molecule has 0 radical (unpaired) electrons. The molecule has 0 saturated carbocycles. The van der Waals surface area contributed by atoms with Crippen molar-refractivity contribution in [3.05, 3.63) is 29.8 Å². The van der Waals surface area contributed by atoms with Crippen LogP contribution in [0.5, 0.6) is 0 Å². The van der Waals surface area contributed by atoms with Gasteiger partial charge in [-0.2, -0.15) is 0 Å². The lowest BCUT2D eigenvalue weighted by Crippen LogP contribution is -2.39. The number of para-hydroxylation sites is 1. The first-order valence-corrected chi connectivity index (χ1v) is 11.7. The molecule has 0 spiro atoms. The van der Waals surface area contributed by atoms with Crippen LogP contribution in [0.1, 0.15) is 18.9 Å². The van der Waals surface area contributed by atoms with Gasteiger partial charge in [0.25, 0.3) is 0 Å². The maximum Gasteiger partial charge on any atom is 0.233 e. The normalized spacial score (nSPS) is 19.8. The number of aromatic nitrogens is 2. The summed E-state index contributed by atoms with van der Waals surface area (Å²) in [6, 6.07) is 7.60. The Hall–Kier alpha value is -1.65. The Kier molecular flexibility index (Phi) is 5.83. The predicted octanol–water partition coefficient (Wildman–Crippen LogP) is 2.37. The maximum atomic E-state index is 12.3. The van der Waals surface area contributed by atoms with Crippen LogP contribution in [0.2, 0.25) is 0 Å². The van der Waals surface area contributed by atoms with Crippen LogP contribution in [-0.2, 0) is 14.6 Å². The monoisotopic (exact) mass is 412 g/mol. The molecule has 2 aromatic rings. The van der Waals surface area contributed by atoms with E-state index in [0.29, 0.717) is 15.9 Å². The molecule has 0 aliphatic carbocycles. The van der Waals surface area contributed by atoms with Crippen LogP contribution in [0, 0.1) is 6.92 Å². The fourth-order valence-electron chi connectivity index (χ4n) is 2.57. The first kappa shape index (κ1) is 19.1. The smallest absolute Gasteiger partial charge is 0.233 e. The average molecular weight is 413 g/mol. The molecule has 2 heterocycles. The second-order valence-corrected chi connectivity index (χ2v) is 11.0. The molecular weight excluding hydrogens is 392 g/mol. The van der Waals surface area contributed by atoms with Crippen molar-refractivity contribution < 1.29 is 13.2 Å². The van der Waals surface area contributed by atoms with Crippen molar-refractivity contribution in [1.82, 2.24) is 15.5 Å². The zero-order chi connectivity index (χ0) is 18.7. The molecular formula is C16H20N4O3S3. The number of aryl methyl sites for hydroxylation is 1. The summed E-state index contributed by atoms with van der Waals surface area (Å²) in [4.78, 5) is 12.3. The highest BCUT2D eigenvalue weighted by molar-refractivity contribution is 8.02. The van der Waals surface area contributed by atoms with E-state index in [0.717, 1.165) is 11.3 Å². The van der Waals surface area contributed by atoms with Gasteiger partial charge in [0.1, 0.15) is 0 Å². The number of carbonyl (C=O) groups is 1. The second kappa shape index (κ2) is 7.93. The number of carbonyl (C=O) groups excluding carboxylic acids is 1. The van der Waals surface area contributed by atoms with E-state index in [1.807, 2.05) is 31.2 Å². The van der Waals surface area contributed by atoms with E-state index in [1.165, 1.54) is 23.1 Å². The van der Waals surface area contributed by atoms with Crippen LogP contribution in [0.4, 0.5) is 10.8 Å². The van der Waals surface area contributed by atoms with E-state index in [1.54, 1.807) is 6.92 Å². The largest absolute Gasteiger partial charge is 0.351 e. The van der Waals surface area contributed by atoms with Gasteiger partial charge in [-0.25, -0.2) is 8.42 Å². The molecule has 2 N–H and O–H groups in total. The number of sulfone groups is 1. The molecule has 1 aromatic heterocycles. The van der Waals surface area contributed by atoms with Crippen LogP contribution in [-0.4, -0.2) is 47.3 Å². The summed E-state index contributed by atoms with van der Waals surface area (Å²) in [6.45, 7) is 3.79. The van der Waals surface area contributed by atoms with Crippen molar-refractivity contribution in [2.45, 2.75) is 35.9 Å². The fourth-order valence-corrected chi connectivity index (χ4v) is 6.16. The molecule has 0 bridgehead atoms. The number of nitrogens with one attached hydrogen (secondary N) is 2. The van der Waals surface area contributed by atoms with E-state index < -0.39 is 9.84 Å². The van der Waals surface area contributed by atoms with E-state index >= 15 is 0 Å². The van der Waals surface area contributed by atoms with Crippen molar-refractivity contribution in [2.75, 3.05) is 16.8 Å². The van der Waals surface area contributed by atoms with Gasteiger partial charge in [0.15, 0.2) is 14.2 Å². The molecule has 140 valence electrons. The Labute approximate surface area is 160 Å². The quantitative estimate of drug-likeness (QED) is 0.703. The van der Waals surface area contributed by atoms with E-state index in [9.17, 15) is 13.2 Å². The van der Waals surface area contributed by atoms with E-state index in [-0.39, 0.29) is 28.7 Å². The number of thioether (sulfide) groups is 1. The standard InChI is InChI=1S/C16H20N4O3S3/c1-10-5-3-4-6-13(10)18-15-19-20-16(25-15)24-11(2)14(21)17-12-7-8-26(22,23)9-12/h3-6,11-12H,7-9H2,1-2H3,(H,17,21)(H,18,19). The molecule has 2 unspecified atom stereocenters. The van der Waals surface area contributed by atoms with Gasteiger partial charge in [0, 0.05) is 11.7 Å². The molecule has 1 saturated heterocycles. The minimum Gasteiger partial charge on any atom is -0.351 e. The number of rotatable bonds is 6. The third kappa shape index (κ3) is 4.95. The summed E-state index contributed by atoms with van der Waals surface area (Å²) in [7, 11) is -3.01. The van der Waals surface area contributed by atoms with Crippen LogP contribution < -0.4 is 10.6 Å². The van der Waals surface area contributed by atoms with Gasteiger partial charge in [-0.15, -0.1) is 10.2 Å². The van der Waals surface area contributed by atoms with Crippen LogP contribution in [0.3, 0.4) is 0 Å². The highest BCUT2D eigenvalue weighted by Crippen LogP contribution is 2.31. The number of benzene rings is 1. The van der Waals surface area contributed by atoms with Crippen LogP contribution in [0.15, 0.2) is 28.6 Å². The highest BCUT2D eigenvalue weighted by atomic mass is 32.2. The molecule has 10 heteroatoms. The second-order valence-electron chi connectivity index (χ2n) is 6.18. The Balaban J connectivity index is 1.55. The Morgan fingerprint density at radius 3 is 2.81 bits per heavy atom. The van der Waals surface area contributed by atoms with Crippen molar-refractivity contribution >= 4 is 49.7 Å². The Bertz CT molecular complexity index is 898. The molecule has 1 aliphatic heterocycles. The van der Waals surface area contributed by atoms with Crippen molar-refractivity contribution in [2.24, 2.45) is 0 Å². The molecule has 1 amide bonds. The highest BCUT2D eigenvalue weighted by Gasteiger charge is 2.30. The summed E-state index contributed by atoms with van der Waals surface area (Å²) < 4.78 is 23.6. The van der Waals surface area contributed by atoms with Gasteiger partial charge >= 0.3 is 0 Å². The average Bonchev–Trinajstić information content (AvgIpc) is 3.15. The third-order valence-corrected chi connectivity index (χ3v) is 7.81.